The molecule has 0 saturated carbocycles. The number of hydrogen-bond donors (Lipinski definition) is 1. The number of halogens is 1. The highest BCUT2D eigenvalue weighted by Crippen LogP contribution is 2.37. The Morgan fingerprint density at radius 1 is 1.26 bits per heavy atom. The number of nitriles is 1. The molecule has 5 rings (SSSR count). The van der Waals surface area contributed by atoms with E-state index in [-0.39, 0.29) is 29.1 Å². The lowest BCUT2D eigenvalue weighted by Crippen LogP contribution is -2.49. The van der Waals surface area contributed by atoms with E-state index >= 15 is 0 Å². The van der Waals surface area contributed by atoms with E-state index in [2.05, 4.69) is 19.9 Å². The van der Waals surface area contributed by atoms with Gasteiger partial charge in [0.1, 0.15) is 23.6 Å². The molecule has 4 heterocycles. The molecule has 2 aromatic heterocycles. The summed E-state index contributed by atoms with van der Waals surface area (Å²) >= 11 is 0. The van der Waals surface area contributed by atoms with E-state index in [1.807, 2.05) is 18.3 Å². The zero-order valence-electron chi connectivity index (χ0n) is 14.3. The Balaban J connectivity index is 1.39. The van der Waals surface area contributed by atoms with Gasteiger partial charge in [-0.05, 0) is 30.7 Å². The molecule has 2 bridgehead atoms. The van der Waals surface area contributed by atoms with Crippen molar-refractivity contribution in [2.75, 3.05) is 18.0 Å². The monoisotopic (exact) mass is 362 g/mol. The number of H-pyrrole nitrogens is 1. The summed E-state index contributed by atoms with van der Waals surface area (Å²) < 4.78 is 14.2. The number of rotatable bonds is 2. The molecule has 0 spiro atoms. The van der Waals surface area contributed by atoms with Crippen molar-refractivity contribution in [3.63, 3.8) is 0 Å². The number of carbonyl (C=O) groups excluding carboxylic acids is 1. The van der Waals surface area contributed by atoms with Gasteiger partial charge in [0.15, 0.2) is 0 Å². The van der Waals surface area contributed by atoms with Crippen LogP contribution < -0.4 is 4.90 Å². The van der Waals surface area contributed by atoms with Crippen LogP contribution in [0.3, 0.4) is 0 Å². The first-order valence-electron chi connectivity index (χ1n) is 8.71. The van der Waals surface area contributed by atoms with Gasteiger partial charge < -0.3 is 14.8 Å². The number of aromatic amines is 1. The summed E-state index contributed by atoms with van der Waals surface area (Å²) in [7, 11) is 0. The maximum absolute atomic E-state index is 14.2. The molecule has 1 amide bonds. The number of carbonyl (C=O) groups is 1. The number of amides is 1. The second-order valence-corrected chi connectivity index (χ2v) is 6.90. The zero-order chi connectivity index (χ0) is 18.5. The predicted octanol–water partition coefficient (Wildman–Crippen LogP) is 2.07. The van der Waals surface area contributed by atoms with E-state index in [0.29, 0.717) is 13.1 Å². The van der Waals surface area contributed by atoms with Gasteiger partial charge in [-0.25, -0.2) is 14.4 Å². The predicted molar refractivity (Wildman–Crippen MR) is 95.6 cm³/mol. The zero-order valence-corrected chi connectivity index (χ0v) is 14.3. The first-order valence-corrected chi connectivity index (χ1v) is 8.71. The molecule has 0 aliphatic carbocycles. The quantitative estimate of drug-likeness (QED) is 0.754. The van der Waals surface area contributed by atoms with Crippen LogP contribution in [-0.2, 0) is 0 Å². The number of likely N-dealkylation sites (tertiary alicyclic amines) is 1. The number of benzene rings is 1. The maximum atomic E-state index is 14.2. The molecule has 2 fully saturated rings. The molecule has 7 nitrogen and oxygen atoms in total. The Kier molecular flexibility index (Phi) is 3.37. The van der Waals surface area contributed by atoms with Crippen molar-refractivity contribution in [1.29, 1.82) is 5.26 Å². The summed E-state index contributed by atoms with van der Waals surface area (Å²) in [6.45, 7) is 1.18. The third-order valence-electron chi connectivity index (χ3n) is 5.44. The van der Waals surface area contributed by atoms with Gasteiger partial charge in [-0.1, -0.05) is 0 Å². The van der Waals surface area contributed by atoms with Crippen molar-refractivity contribution in [2.45, 2.75) is 18.5 Å². The van der Waals surface area contributed by atoms with E-state index in [0.717, 1.165) is 29.3 Å². The van der Waals surface area contributed by atoms with E-state index in [1.165, 1.54) is 18.5 Å². The van der Waals surface area contributed by atoms with Crippen LogP contribution in [0.15, 0.2) is 36.8 Å². The fourth-order valence-electron chi connectivity index (χ4n) is 4.18. The SMILES string of the molecule is N#Cc1ccc(C(=O)N2CC3CC2CN3c2ncnc3[nH]ccc23)c(F)c1. The normalized spacial score (nSPS) is 21.0. The number of anilines is 1. The van der Waals surface area contributed by atoms with Gasteiger partial charge in [-0.15, -0.1) is 0 Å². The lowest BCUT2D eigenvalue weighted by atomic mass is 10.1. The second kappa shape index (κ2) is 5.77. The number of nitrogens with zero attached hydrogens (tertiary/aromatic N) is 5. The summed E-state index contributed by atoms with van der Waals surface area (Å²) in [6, 6.07) is 7.97. The minimum absolute atomic E-state index is 0.0153. The highest BCUT2D eigenvalue weighted by Gasteiger charge is 2.46. The largest absolute Gasteiger partial charge is 0.349 e. The van der Waals surface area contributed by atoms with Crippen molar-refractivity contribution in [3.05, 3.63) is 53.7 Å². The van der Waals surface area contributed by atoms with Crippen molar-refractivity contribution in [1.82, 2.24) is 19.9 Å². The van der Waals surface area contributed by atoms with Gasteiger partial charge in [0.25, 0.3) is 5.91 Å². The average molecular weight is 362 g/mol. The van der Waals surface area contributed by atoms with E-state index in [1.54, 1.807) is 4.90 Å². The number of nitrogens with one attached hydrogen (secondary N) is 1. The van der Waals surface area contributed by atoms with Crippen LogP contribution in [0.4, 0.5) is 10.2 Å². The molecule has 8 heteroatoms. The Bertz CT molecular complexity index is 1100. The molecule has 2 atom stereocenters. The van der Waals surface area contributed by atoms with Crippen LogP contribution in [0, 0.1) is 17.1 Å². The molecule has 0 radical (unpaired) electrons. The first kappa shape index (κ1) is 15.8. The third kappa shape index (κ3) is 2.35. The van der Waals surface area contributed by atoms with E-state index in [4.69, 9.17) is 5.26 Å². The lowest BCUT2D eigenvalue weighted by molar-refractivity contribution is 0.0720. The summed E-state index contributed by atoms with van der Waals surface area (Å²) in [6.07, 6.45) is 4.20. The molecule has 2 saturated heterocycles. The summed E-state index contributed by atoms with van der Waals surface area (Å²) in [5.74, 6) is -0.104. The third-order valence-corrected chi connectivity index (χ3v) is 5.44. The van der Waals surface area contributed by atoms with E-state index < -0.39 is 5.82 Å². The van der Waals surface area contributed by atoms with Gasteiger partial charge in [-0.3, -0.25) is 4.79 Å². The van der Waals surface area contributed by atoms with Crippen molar-refractivity contribution >= 4 is 22.8 Å². The minimum Gasteiger partial charge on any atom is -0.349 e. The Morgan fingerprint density at radius 3 is 2.89 bits per heavy atom. The Hall–Kier alpha value is -3.47. The molecule has 2 aliphatic heterocycles. The molecule has 2 aliphatic rings. The number of fused-ring (bicyclic) bond motifs is 3. The molecule has 2 unspecified atom stereocenters. The van der Waals surface area contributed by atoms with Crippen LogP contribution in [0.5, 0.6) is 0 Å². The van der Waals surface area contributed by atoms with Crippen LogP contribution in [0.2, 0.25) is 0 Å². The molecular weight excluding hydrogens is 347 g/mol. The number of hydrogen-bond acceptors (Lipinski definition) is 5. The molecule has 3 aromatic rings. The van der Waals surface area contributed by atoms with Crippen LogP contribution >= 0.6 is 0 Å². The fraction of sp³-hybridized carbons (Fsp3) is 0.263. The van der Waals surface area contributed by atoms with Gasteiger partial charge in [0.05, 0.1) is 34.7 Å². The second-order valence-electron chi connectivity index (χ2n) is 6.90. The van der Waals surface area contributed by atoms with Crippen molar-refractivity contribution in [2.24, 2.45) is 0 Å². The highest BCUT2D eigenvalue weighted by atomic mass is 19.1. The van der Waals surface area contributed by atoms with Crippen LogP contribution in [-0.4, -0.2) is 50.9 Å². The summed E-state index contributed by atoms with van der Waals surface area (Å²) in [5, 5.41) is 9.82. The Labute approximate surface area is 154 Å². The van der Waals surface area contributed by atoms with Gasteiger partial charge >= 0.3 is 0 Å². The number of piperazine rings is 1. The van der Waals surface area contributed by atoms with Gasteiger partial charge in [0, 0.05) is 19.3 Å². The standard InChI is InChI=1S/C19H15FN6O/c20-16-5-11(7-21)1-2-14(16)19(27)26-9-12-6-13(26)8-25(12)18-15-3-4-22-17(15)23-10-24-18/h1-5,10,12-13H,6,8-9H2,(H,22,23,24). The van der Waals surface area contributed by atoms with Gasteiger partial charge in [-0.2, -0.15) is 5.26 Å². The summed E-state index contributed by atoms with van der Waals surface area (Å²) in [5.41, 5.74) is 1.01. The van der Waals surface area contributed by atoms with Crippen LogP contribution in [0.25, 0.3) is 11.0 Å². The first-order chi connectivity index (χ1) is 13.2. The molecule has 1 aromatic carbocycles. The number of aromatic nitrogens is 3. The maximum Gasteiger partial charge on any atom is 0.257 e. The minimum atomic E-state index is -0.650. The van der Waals surface area contributed by atoms with Crippen molar-refractivity contribution < 1.29 is 9.18 Å². The smallest absolute Gasteiger partial charge is 0.257 e. The topological polar surface area (TPSA) is 88.9 Å². The molecule has 134 valence electrons. The summed E-state index contributed by atoms with van der Waals surface area (Å²) in [4.78, 5) is 28.5. The fourth-order valence-corrected chi connectivity index (χ4v) is 4.18. The highest BCUT2D eigenvalue weighted by molar-refractivity contribution is 5.95. The van der Waals surface area contributed by atoms with E-state index in [9.17, 15) is 9.18 Å². The molecule has 1 N–H and O–H groups in total. The van der Waals surface area contributed by atoms with Crippen LogP contribution in [0.1, 0.15) is 22.3 Å². The average Bonchev–Trinajstić information content (AvgIpc) is 3.41. The lowest BCUT2D eigenvalue weighted by Gasteiger charge is -2.35. The van der Waals surface area contributed by atoms with Crippen molar-refractivity contribution in [3.8, 4) is 6.07 Å². The molecular formula is C19H15FN6O. The van der Waals surface area contributed by atoms with Gasteiger partial charge in [0.2, 0.25) is 0 Å². The Morgan fingerprint density at radius 2 is 2.15 bits per heavy atom. The molecule has 27 heavy (non-hydrogen) atoms.